The second-order valence-corrected chi connectivity index (χ2v) is 5.93. The molecule has 0 saturated heterocycles. The number of nitrogens with zero attached hydrogens (tertiary/aromatic N) is 2. The van der Waals surface area contributed by atoms with Gasteiger partial charge in [0.15, 0.2) is 0 Å². The van der Waals surface area contributed by atoms with E-state index in [1.807, 2.05) is 0 Å². The van der Waals surface area contributed by atoms with Gasteiger partial charge in [0.25, 0.3) is 0 Å². The number of aryl methyl sites for hydroxylation is 1. The number of hydrogen-bond acceptors (Lipinski definition) is 5. The van der Waals surface area contributed by atoms with Gasteiger partial charge in [0, 0.05) is 18.4 Å². The lowest BCUT2D eigenvalue weighted by Gasteiger charge is -2.25. The van der Waals surface area contributed by atoms with E-state index in [2.05, 4.69) is 22.4 Å². The van der Waals surface area contributed by atoms with Crippen molar-refractivity contribution in [3.8, 4) is 0 Å². The Balaban J connectivity index is 0.00000180. The SMILES string of the molecule is CCCc1nnc(NC(=O)C2CCCC(N)C2)s1.Cl. The van der Waals surface area contributed by atoms with Gasteiger partial charge in [-0.15, -0.1) is 22.6 Å². The Morgan fingerprint density at radius 1 is 1.47 bits per heavy atom. The summed E-state index contributed by atoms with van der Waals surface area (Å²) in [7, 11) is 0. The molecule has 0 spiro atoms. The molecular formula is C12H21ClN4OS. The zero-order chi connectivity index (χ0) is 13.0. The van der Waals surface area contributed by atoms with Crippen molar-refractivity contribution in [1.29, 1.82) is 0 Å². The molecule has 1 fully saturated rings. The molecule has 7 heteroatoms. The first-order valence-corrected chi connectivity index (χ1v) is 7.39. The van der Waals surface area contributed by atoms with Crippen LogP contribution in [-0.2, 0) is 11.2 Å². The predicted molar refractivity (Wildman–Crippen MR) is 79.7 cm³/mol. The number of nitrogens with one attached hydrogen (secondary N) is 1. The van der Waals surface area contributed by atoms with Gasteiger partial charge < -0.3 is 11.1 Å². The first-order valence-electron chi connectivity index (χ1n) is 6.58. The molecule has 5 nitrogen and oxygen atoms in total. The molecule has 1 aromatic heterocycles. The van der Waals surface area contributed by atoms with E-state index in [9.17, 15) is 4.79 Å². The van der Waals surface area contributed by atoms with Crippen LogP contribution in [0.15, 0.2) is 0 Å². The number of carbonyl (C=O) groups is 1. The summed E-state index contributed by atoms with van der Waals surface area (Å²) in [6, 6.07) is 0.166. The Morgan fingerprint density at radius 2 is 2.26 bits per heavy atom. The minimum absolute atomic E-state index is 0. The third-order valence-corrected chi connectivity index (χ3v) is 4.14. The molecule has 0 radical (unpaired) electrons. The van der Waals surface area contributed by atoms with E-state index in [0.29, 0.717) is 5.13 Å². The Hall–Kier alpha value is -0.720. The molecule has 0 bridgehead atoms. The van der Waals surface area contributed by atoms with Crippen LogP contribution >= 0.6 is 23.7 Å². The Labute approximate surface area is 123 Å². The number of rotatable bonds is 4. The van der Waals surface area contributed by atoms with E-state index in [4.69, 9.17) is 5.73 Å². The van der Waals surface area contributed by atoms with Crippen molar-refractivity contribution >= 4 is 34.8 Å². The van der Waals surface area contributed by atoms with Crippen LogP contribution in [-0.4, -0.2) is 22.1 Å². The fourth-order valence-electron chi connectivity index (χ4n) is 2.29. The van der Waals surface area contributed by atoms with Gasteiger partial charge in [-0.05, 0) is 25.7 Å². The molecular weight excluding hydrogens is 284 g/mol. The van der Waals surface area contributed by atoms with Gasteiger partial charge in [0.05, 0.1) is 0 Å². The molecule has 1 aliphatic carbocycles. The normalized spacial score (nSPS) is 22.6. The smallest absolute Gasteiger partial charge is 0.229 e. The van der Waals surface area contributed by atoms with Crippen molar-refractivity contribution in [2.75, 3.05) is 5.32 Å². The van der Waals surface area contributed by atoms with E-state index in [1.165, 1.54) is 11.3 Å². The molecule has 1 aromatic rings. The minimum atomic E-state index is 0. The Bertz CT molecular complexity index is 412. The summed E-state index contributed by atoms with van der Waals surface area (Å²) in [6.07, 6.45) is 5.74. The average Bonchev–Trinajstić information content (AvgIpc) is 2.77. The highest BCUT2D eigenvalue weighted by Crippen LogP contribution is 2.25. The van der Waals surface area contributed by atoms with Gasteiger partial charge in [0.1, 0.15) is 5.01 Å². The van der Waals surface area contributed by atoms with Crippen molar-refractivity contribution in [2.45, 2.75) is 51.5 Å². The monoisotopic (exact) mass is 304 g/mol. The lowest BCUT2D eigenvalue weighted by atomic mass is 9.86. The maximum absolute atomic E-state index is 12.1. The molecule has 2 atom stereocenters. The molecule has 1 amide bonds. The van der Waals surface area contributed by atoms with Gasteiger partial charge in [-0.1, -0.05) is 24.7 Å². The molecule has 108 valence electrons. The quantitative estimate of drug-likeness (QED) is 0.895. The summed E-state index contributed by atoms with van der Waals surface area (Å²) in [4.78, 5) is 12.1. The van der Waals surface area contributed by atoms with Gasteiger partial charge in [0.2, 0.25) is 11.0 Å². The van der Waals surface area contributed by atoms with Crippen molar-refractivity contribution < 1.29 is 4.79 Å². The molecule has 3 N–H and O–H groups in total. The lowest BCUT2D eigenvalue weighted by molar-refractivity contribution is -0.120. The highest BCUT2D eigenvalue weighted by molar-refractivity contribution is 7.15. The van der Waals surface area contributed by atoms with Crippen LogP contribution in [0.4, 0.5) is 5.13 Å². The summed E-state index contributed by atoms with van der Waals surface area (Å²) in [5.41, 5.74) is 5.89. The first kappa shape index (κ1) is 16.3. The summed E-state index contributed by atoms with van der Waals surface area (Å²) >= 11 is 1.47. The molecule has 1 heterocycles. The van der Waals surface area contributed by atoms with Crippen LogP contribution in [0.3, 0.4) is 0 Å². The Kier molecular flexibility index (Phi) is 6.68. The fraction of sp³-hybridized carbons (Fsp3) is 0.750. The molecule has 2 unspecified atom stereocenters. The van der Waals surface area contributed by atoms with E-state index in [0.717, 1.165) is 43.5 Å². The summed E-state index contributed by atoms with van der Waals surface area (Å²) in [5.74, 6) is 0.0802. The Morgan fingerprint density at radius 3 is 2.95 bits per heavy atom. The van der Waals surface area contributed by atoms with Gasteiger partial charge in [-0.2, -0.15) is 0 Å². The second kappa shape index (κ2) is 7.77. The summed E-state index contributed by atoms with van der Waals surface area (Å²) in [6.45, 7) is 2.10. The van der Waals surface area contributed by atoms with E-state index >= 15 is 0 Å². The molecule has 2 rings (SSSR count). The third-order valence-electron chi connectivity index (χ3n) is 3.25. The third kappa shape index (κ3) is 4.71. The van der Waals surface area contributed by atoms with Crippen LogP contribution in [0.1, 0.15) is 44.0 Å². The molecule has 0 aliphatic heterocycles. The summed E-state index contributed by atoms with van der Waals surface area (Å²) < 4.78 is 0. The minimum Gasteiger partial charge on any atom is -0.328 e. The van der Waals surface area contributed by atoms with Crippen LogP contribution in [0.25, 0.3) is 0 Å². The van der Waals surface area contributed by atoms with Crippen LogP contribution in [0.5, 0.6) is 0 Å². The highest BCUT2D eigenvalue weighted by Gasteiger charge is 2.25. The largest absolute Gasteiger partial charge is 0.328 e. The van der Waals surface area contributed by atoms with Crippen molar-refractivity contribution in [1.82, 2.24) is 10.2 Å². The van der Waals surface area contributed by atoms with Crippen LogP contribution in [0, 0.1) is 5.92 Å². The number of hydrogen-bond donors (Lipinski definition) is 2. The fourth-order valence-corrected chi connectivity index (χ4v) is 3.14. The van der Waals surface area contributed by atoms with Gasteiger partial charge >= 0.3 is 0 Å². The van der Waals surface area contributed by atoms with Crippen molar-refractivity contribution in [3.05, 3.63) is 5.01 Å². The first-order chi connectivity index (χ1) is 8.69. The number of amides is 1. The highest BCUT2D eigenvalue weighted by atomic mass is 35.5. The zero-order valence-electron chi connectivity index (χ0n) is 11.1. The predicted octanol–water partition coefficient (Wildman–Crippen LogP) is 2.37. The van der Waals surface area contributed by atoms with E-state index in [-0.39, 0.29) is 30.3 Å². The number of halogens is 1. The second-order valence-electron chi connectivity index (χ2n) is 4.86. The maximum atomic E-state index is 12.1. The molecule has 0 aromatic carbocycles. The average molecular weight is 305 g/mol. The molecule has 19 heavy (non-hydrogen) atoms. The van der Waals surface area contributed by atoms with Crippen molar-refractivity contribution in [2.24, 2.45) is 11.7 Å². The zero-order valence-corrected chi connectivity index (χ0v) is 12.7. The number of nitrogens with two attached hydrogens (primary N) is 1. The number of carbonyl (C=O) groups excluding carboxylic acids is 1. The topological polar surface area (TPSA) is 80.9 Å². The van der Waals surface area contributed by atoms with Gasteiger partial charge in [-0.3, -0.25) is 4.79 Å². The summed E-state index contributed by atoms with van der Waals surface area (Å²) in [5, 5.41) is 12.5. The number of anilines is 1. The van der Waals surface area contributed by atoms with Gasteiger partial charge in [-0.25, -0.2) is 0 Å². The van der Waals surface area contributed by atoms with Crippen LogP contribution < -0.4 is 11.1 Å². The maximum Gasteiger partial charge on any atom is 0.229 e. The molecule has 1 aliphatic rings. The van der Waals surface area contributed by atoms with E-state index in [1.54, 1.807) is 0 Å². The van der Waals surface area contributed by atoms with Crippen molar-refractivity contribution in [3.63, 3.8) is 0 Å². The number of aromatic nitrogens is 2. The van der Waals surface area contributed by atoms with E-state index < -0.39 is 0 Å². The lowest BCUT2D eigenvalue weighted by Crippen LogP contribution is -2.34. The standard InChI is InChI=1S/C12H20N4OS.ClH/c1-2-4-10-15-16-12(18-10)14-11(17)8-5-3-6-9(13)7-8;/h8-9H,2-7,13H2,1H3,(H,14,16,17);1H. The molecule has 1 saturated carbocycles. The van der Waals surface area contributed by atoms with Crippen LogP contribution in [0.2, 0.25) is 0 Å².